The number of rotatable bonds is 4. The maximum Gasteiger partial charge on any atom is 0.0642 e. The molecule has 2 nitrogen and oxygen atoms in total. The van der Waals surface area contributed by atoms with E-state index in [2.05, 4.69) is 23.3 Å². The molecule has 3 heteroatoms. The predicted octanol–water partition coefficient (Wildman–Crippen LogP) is 2.66. The third-order valence-electron chi connectivity index (χ3n) is 2.88. The van der Waals surface area contributed by atoms with Crippen LogP contribution in [0.3, 0.4) is 0 Å². The van der Waals surface area contributed by atoms with Gasteiger partial charge in [0.1, 0.15) is 0 Å². The first-order chi connectivity index (χ1) is 7.24. The van der Waals surface area contributed by atoms with Crippen LogP contribution >= 0.6 is 11.6 Å². The van der Waals surface area contributed by atoms with Crippen molar-refractivity contribution >= 4 is 17.3 Å². The molecule has 2 rings (SSSR count). The van der Waals surface area contributed by atoms with E-state index in [-0.39, 0.29) is 0 Å². The van der Waals surface area contributed by atoms with Crippen LogP contribution in [0.5, 0.6) is 0 Å². The van der Waals surface area contributed by atoms with Gasteiger partial charge in [0, 0.05) is 19.6 Å². The molecule has 1 aliphatic carbocycles. The number of benzene rings is 1. The highest BCUT2D eigenvalue weighted by atomic mass is 35.5. The standard InChI is InChI=1S/C12H17ClN2/c1-14-8-9-4-3-5-11(13)12(9)15(2)10-6-7-10/h3-5,10,14H,6-8H2,1-2H3. The van der Waals surface area contributed by atoms with Gasteiger partial charge in [-0.25, -0.2) is 0 Å². The van der Waals surface area contributed by atoms with Crippen molar-refractivity contribution in [3.63, 3.8) is 0 Å². The molecule has 1 N–H and O–H groups in total. The summed E-state index contributed by atoms with van der Waals surface area (Å²) >= 11 is 6.26. The lowest BCUT2D eigenvalue weighted by atomic mass is 10.1. The van der Waals surface area contributed by atoms with E-state index >= 15 is 0 Å². The minimum Gasteiger partial charge on any atom is -0.370 e. The number of nitrogens with zero attached hydrogens (tertiary/aromatic N) is 1. The maximum absolute atomic E-state index is 6.26. The number of nitrogens with one attached hydrogen (secondary N) is 1. The van der Waals surface area contributed by atoms with E-state index in [1.54, 1.807) is 0 Å². The van der Waals surface area contributed by atoms with E-state index in [1.165, 1.54) is 24.1 Å². The molecule has 1 aromatic carbocycles. The molecule has 15 heavy (non-hydrogen) atoms. The lowest BCUT2D eigenvalue weighted by molar-refractivity contribution is 0.805. The van der Waals surface area contributed by atoms with E-state index in [9.17, 15) is 0 Å². The van der Waals surface area contributed by atoms with Crippen molar-refractivity contribution in [2.75, 3.05) is 19.0 Å². The second-order valence-electron chi connectivity index (χ2n) is 4.12. The zero-order valence-corrected chi connectivity index (χ0v) is 10.0. The zero-order chi connectivity index (χ0) is 10.8. The molecule has 0 aromatic heterocycles. The largest absolute Gasteiger partial charge is 0.370 e. The Bertz CT molecular complexity index is 347. The van der Waals surface area contributed by atoms with Crippen LogP contribution in [0.15, 0.2) is 18.2 Å². The van der Waals surface area contributed by atoms with Gasteiger partial charge in [0.05, 0.1) is 10.7 Å². The van der Waals surface area contributed by atoms with Crippen LogP contribution in [0.1, 0.15) is 18.4 Å². The molecule has 0 aliphatic heterocycles. The molecule has 0 spiro atoms. The molecule has 0 atom stereocenters. The number of hydrogen-bond donors (Lipinski definition) is 1. The Morgan fingerprint density at radius 1 is 1.47 bits per heavy atom. The fraction of sp³-hybridized carbons (Fsp3) is 0.500. The van der Waals surface area contributed by atoms with Gasteiger partial charge in [0.15, 0.2) is 0 Å². The number of para-hydroxylation sites is 1. The SMILES string of the molecule is CNCc1cccc(Cl)c1N(C)C1CC1. The summed E-state index contributed by atoms with van der Waals surface area (Å²) in [6.07, 6.45) is 2.58. The summed E-state index contributed by atoms with van der Waals surface area (Å²) in [6.45, 7) is 0.868. The summed E-state index contributed by atoms with van der Waals surface area (Å²) in [5, 5.41) is 4.04. The highest BCUT2D eigenvalue weighted by Crippen LogP contribution is 2.36. The summed E-state index contributed by atoms with van der Waals surface area (Å²) in [5.74, 6) is 0. The van der Waals surface area contributed by atoms with Gasteiger partial charge in [0.2, 0.25) is 0 Å². The Hall–Kier alpha value is -0.730. The van der Waals surface area contributed by atoms with E-state index < -0.39 is 0 Å². The number of halogens is 1. The van der Waals surface area contributed by atoms with E-state index in [4.69, 9.17) is 11.6 Å². The first kappa shape index (κ1) is 10.8. The predicted molar refractivity (Wildman–Crippen MR) is 65.6 cm³/mol. The van der Waals surface area contributed by atoms with Crippen LogP contribution < -0.4 is 10.2 Å². The average Bonchev–Trinajstić information content (AvgIpc) is 3.01. The molecule has 0 bridgehead atoms. The van der Waals surface area contributed by atoms with Crippen LogP contribution in [0.25, 0.3) is 0 Å². The molecular weight excluding hydrogens is 208 g/mol. The molecule has 1 aromatic rings. The Morgan fingerprint density at radius 3 is 2.80 bits per heavy atom. The molecule has 0 saturated heterocycles. The van der Waals surface area contributed by atoms with Gasteiger partial charge in [0.25, 0.3) is 0 Å². The summed E-state index contributed by atoms with van der Waals surface area (Å²) in [4.78, 5) is 2.31. The van der Waals surface area contributed by atoms with E-state index in [1.807, 2.05) is 19.2 Å². The molecule has 0 radical (unpaired) electrons. The quantitative estimate of drug-likeness (QED) is 0.846. The summed E-state index contributed by atoms with van der Waals surface area (Å²) in [6, 6.07) is 6.81. The van der Waals surface area contributed by atoms with Gasteiger partial charge in [-0.1, -0.05) is 23.7 Å². The molecule has 82 valence electrons. The zero-order valence-electron chi connectivity index (χ0n) is 9.26. The van der Waals surface area contributed by atoms with E-state index in [0.717, 1.165) is 11.6 Å². The molecule has 0 amide bonds. The lowest BCUT2D eigenvalue weighted by Gasteiger charge is -2.23. The molecule has 1 aliphatic rings. The maximum atomic E-state index is 6.26. The monoisotopic (exact) mass is 224 g/mol. The van der Waals surface area contributed by atoms with Gasteiger partial charge >= 0.3 is 0 Å². The third kappa shape index (κ3) is 2.27. The third-order valence-corrected chi connectivity index (χ3v) is 3.19. The van der Waals surface area contributed by atoms with Crippen LogP contribution in [-0.2, 0) is 6.54 Å². The lowest BCUT2D eigenvalue weighted by Crippen LogP contribution is -2.22. The molecular formula is C12H17ClN2. The highest BCUT2D eigenvalue weighted by Gasteiger charge is 2.28. The van der Waals surface area contributed by atoms with Crippen molar-refractivity contribution in [2.24, 2.45) is 0 Å². The topological polar surface area (TPSA) is 15.3 Å². The van der Waals surface area contributed by atoms with Gasteiger partial charge in [-0.15, -0.1) is 0 Å². The van der Waals surface area contributed by atoms with Crippen molar-refractivity contribution in [1.82, 2.24) is 5.32 Å². The van der Waals surface area contributed by atoms with Crippen LogP contribution in [-0.4, -0.2) is 20.1 Å². The van der Waals surface area contributed by atoms with Gasteiger partial charge < -0.3 is 10.2 Å². The smallest absolute Gasteiger partial charge is 0.0642 e. The highest BCUT2D eigenvalue weighted by molar-refractivity contribution is 6.33. The second-order valence-corrected chi connectivity index (χ2v) is 4.53. The van der Waals surface area contributed by atoms with Crippen molar-refractivity contribution < 1.29 is 0 Å². The van der Waals surface area contributed by atoms with Crippen molar-refractivity contribution in [2.45, 2.75) is 25.4 Å². The van der Waals surface area contributed by atoms with E-state index in [0.29, 0.717) is 6.04 Å². The van der Waals surface area contributed by atoms with Crippen LogP contribution in [0.4, 0.5) is 5.69 Å². The number of anilines is 1. The Balaban J connectivity index is 2.32. The summed E-state index contributed by atoms with van der Waals surface area (Å²) in [5.41, 5.74) is 2.47. The van der Waals surface area contributed by atoms with Crippen LogP contribution in [0.2, 0.25) is 5.02 Å². The molecule has 0 unspecified atom stereocenters. The molecule has 1 fully saturated rings. The van der Waals surface area contributed by atoms with Crippen molar-refractivity contribution in [1.29, 1.82) is 0 Å². The fourth-order valence-corrected chi connectivity index (χ4v) is 2.26. The average molecular weight is 225 g/mol. The minimum absolute atomic E-state index is 0.695. The fourth-order valence-electron chi connectivity index (χ4n) is 1.93. The van der Waals surface area contributed by atoms with Crippen molar-refractivity contribution in [3.8, 4) is 0 Å². The number of hydrogen-bond acceptors (Lipinski definition) is 2. The summed E-state index contributed by atoms with van der Waals surface area (Å²) < 4.78 is 0. The second kappa shape index (κ2) is 4.42. The Morgan fingerprint density at radius 2 is 2.20 bits per heavy atom. The van der Waals surface area contributed by atoms with Gasteiger partial charge in [-0.2, -0.15) is 0 Å². The normalized spacial score (nSPS) is 15.4. The van der Waals surface area contributed by atoms with Gasteiger partial charge in [-0.3, -0.25) is 0 Å². The molecule has 1 saturated carbocycles. The first-order valence-corrected chi connectivity index (χ1v) is 5.76. The van der Waals surface area contributed by atoms with Crippen LogP contribution in [0, 0.1) is 0 Å². The van der Waals surface area contributed by atoms with Crippen molar-refractivity contribution in [3.05, 3.63) is 28.8 Å². The Labute approximate surface area is 96.2 Å². The first-order valence-electron chi connectivity index (χ1n) is 5.39. The van der Waals surface area contributed by atoms with Gasteiger partial charge in [-0.05, 0) is 31.5 Å². The minimum atomic E-state index is 0.695. The summed E-state index contributed by atoms with van der Waals surface area (Å²) in [7, 11) is 4.10. The molecule has 0 heterocycles. The Kier molecular flexibility index (Phi) is 3.17.